The molecule has 0 radical (unpaired) electrons. The molecule has 1 saturated carbocycles. The van der Waals surface area contributed by atoms with Crippen molar-refractivity contribution in [1.29, 1.82) is 0 Å². The maximum Gasteiger partial charge on any atom is 0.251 e. The molecule has 28 heavy (non-hydrogen) atoms. The first-order valence-electron chi connectivity index (χ1n) is 10.4. The van der Waals surface area contributed by atoms with Crippen LogP contribution in [0.2, 0.25) is 0 Å². The summed E-state index contributed by atoms with van der Waals surface area (Å²) in [7, 11) is 0. The molecule has 6 nitrogen and oxygen atoms in total. The van der Waals surface area contributed by atoms with Crippen molar-refractivity contribution in [3.63, 3.8) is 0 Å². The molecule has 2 fully saturated rings. The summed E-state index contributed by atoms with van der Waals surface area (Å²) in [5.74, 6) is 1.27. The molecule has 1 amide bonds. The zero-order chi connectivity index (χ0) is 19.1. The van der Waals surface area contributed by atoms with Gasteiger partial charge in [0.05, 0.1) is 18.7 Å². The summed E-state index contributed by atoms with van der Waals surface area (Å²) < 4.78 is 7.34. The van der Waals surface area contributed by atoms with Crippen LogP contribution < -0.4 is 5.56 Å². The molecule has 0 aromatic carbocycles. The van der Waals surface area contributed by atoms with Gasteiger partial charge in [-0.1, -0.05) is 0 Å². The summed E-state index contributed by atoms with van der Waals surface area (Å²) >= 11 is 0. The first kappa shape index (κ1) is 17.7. The van der Waals surface area contributed by atoms with Crippen molar-refractivity contribution in [3.05, 3.63) is 57.9 Å². The third-order valence-electron chi connectivity index (χ3n) is 6.34. The molecule has 3 aliphatic rings. The van der Waals surface area contributed by atoms with Gasteiger partial charge in [0.1, 0.15) is 5.76 Å². The lowest BCUT2D eigenvalue weighted by Crippen LogP contribution is -2.46. The second-order valence-corrected chi connectivity index (χ2v) is 8.46. The van der Waals surface area contributed by atoms with Crippen LogP contribution in [0.25, 0.3) is 0 Å². The van der Waals surface area contributed by atoms with Gasteiger partial charge in [-0.3, -0.25) is 14.5 Å². The van der Waals surface area contributed by atoms with E-state index in [1.54, 1.807) is 12.3 Å². The van der Waals surface area contributed by atoms with Crippen LogP contribution in [0.3, 0.4) is 0 Å². The number of likely N-dealkylation sites (tertiary alicyclic amines) is 1. The highest BCUT2D eigenvalue weighted by Crippen LogP contribution is 2.34. The number of nitrogens with zero attached hydrogens (tertiary/aromatic N) is 3. The fraction of sp³-hybridized carbons (Fsp3) is 0.545. The minimum absolute atomic E-state index is 0.0552. The fourth-order valence-electron chi connectivity index (χ4n) is 4.65. The lowest BCUT2D eigenvalue weighted by molar-refractivity contribution is -0.138. The van der Waals surface area contributed by atoms with E-state index in [1.165, 1.54) is 0 Å². The molecule has 0 N–H and O–H groups in total. The van der Waals surface area contributed by atoms with Gasteiger partial charge < -0.3 is 13.9 Å². The van der Waals surface area contributed by atoms with Crippen LogP contribution in [0, 0.1) is 5.92 Å². The quantitative estimate of drug-likeness (QED) is 0.817. The van der Waals surface area contributed by atoms with Crippen molar-refractivity contribution in [3.8, 4) is 0 Å². The Bertz CT molecular complexity index is 914. The number of aromatic nitrogens is 1. The van der Waals surface area contributed by atoms with Crippen LogP contribution in [-0.2, 0) is 24.3 Å². The third-order valence-corrected chi connectivity index (χ3v) is 6.34. The minimum atomic E-state index is 0.0552. The van der Waals surface area contributed by atoms with Gasteiger partial charge in [-0.2, -0.15) is 0 Å². The van der Waals surface area contributed by atoms with Gasteiger partial charge in [-0.15, -0.1) is 0 Å². The molecule has 1 aliphatic carbocycles. The van der Waals surface area contributed by atoms with Crippen LogP contribution in [0.5, 0.6) is 0 Å². The number of amides is 1. The number of furan rings is 1. The summed E-state index contributed by atoms with van der Waals surface area (Å²) in [6, 6.07) is 6.07. The number of pyridine rings is 1. The predicted molar refractivity (Wildman–Crippen MR) is 105 cm³/mol. The van der Waals surface area contributed by atoms with Gasteiger partial charge in [-0.25, -0.2) is 0 Å². The van der Waals surface area contributed by atoms with Crippen LogP contribution in [0.1, 0.15) is 48.6 Å². The second kappa shape index (κ2) is 7.24. The Morgan fingerprint density at radius 2 is 2.07 bits per heavy atom. The molecule has 6 heteroatoms. The Balaban J connectivity index is 1.27. The molecular formula is C22H27N3O3. The van der Waals surface area contributed by atoms with E-state index < -0.39 is 0 Å². The molecule has 1 saturated heterocycles. The number of carbonyl (C=O) groups is 1. The predicted octanol–water partition coefficient (Wildman–Crippen LogP) is 2.57. The van der Waals surface area contributed by atoms with E-state index in [9.17, 15) is 9.59 Å². The van der Waals surface area contributed by atoms with E-state index in [0.717, 1.165) is 68.6 Å². The van der Waals surface area contributed by atoms with E-state index in [4.69, 9.17) is 4.42 Å². The summed E-state index contributed by atoms with van der Waals surface area (Å²) in [5, 5.41) is 0. The first-order valence-corrected chi connectivity index (χ1v) is 10.4. The van der Waals surface area contributed by atoms with E-state index in [2.05, 4.69) is 4.90 Å². The topological polar surface area (TPSA) is 58.7 Å². The van der Waals surface area contributed by atoms with Crippen LogP contribution in [0.4, 0.5) is 0 Å². The number of rotatable bonds is 4. The monoisotopic (exact) mass is 381 g/mol. The van der Waals surface area contributed by atoms with Gasteiger partial charge in [0.2, 0.25) is 5.91 Å². The average molecular weight is 381 g/mol. The summed E-state index contributed by atoms with van der Waals surface area (Å²) in [6.07, 6.45) is 8.68. The molecule has 4 heterocycles. The SMILES string of the molecule is O=C(C1CCCN(Cc2ccco2)C1)N1CCc2cc(=O)n(C3CC3)cc2C1. The standard InChI is InChI=1S/C22H27N3O3/c26-21-11-16-7-9-24(13-18(16)14-25(21)19-5-6-19)22(27)17-3-1-8-23(12-17)15-20-4-2-10-28-20/h2,4,10-11,14,17,19H,1,3,5-9,12-13,15H2. The molecule has 1 unspecified atom stereocenters. The van der Waals surface area contributed by atoms with Gasteiger partial charge >= 0.3 is 0 Å². The summed E-state index contributed by atoms with van der Waals surface area (Å²) in [4.78, 5) is 29.8. The molecule has 148 valence electrons. The number of hydrogen-bond donors (Lipinski definition) is 0. The lowest BCUT2D eigenvalue weighted by atomic mass is 9.94. The normalized spacial score (nSPS) is 22.9. The van der Waals surface area contributed by atoms with Crippen molar-refractivity contribution in [2.24, 2.45) is 5.92 Å². The number of fused-ring (bicyclic) bond motifs is 1. The molecule has 5 rings (SSSR count). The molecule has 0 bridgehead atoms. The second-order valence-electron chi connectivity index (χ2n) is 8.46. The van der Waals surface area contributed by atoms with Crippen LogP contribution in [0.15, 0.2) is 39.9 Å². The molecule has 2 aliphatic heterocycles. The van der Waals surface area contributed by atoms with E-state index in [1.807, 2.05) is 27.8 Å². The Morgan fingerprint density at radius 1 is 1.18 bits per heavy atom. The summed E-state index contributed by atoms with van der Waals surface area (Å²) in [5.41, 5.74) is 2.38. The maximum atomic E-state index is 13.2. The Kier molecular flexibility index (Phi) is 4.59. The summed E-state index contributed by atoms with van der Waals surface area (Å²) in [6.45, 7) is 3.93. The first-order chi connectivity index (χ1) is 13.7. The van der Waals surface area contributed by atoms with Crippen molar-refractivity contribution in [1.82, 2.24) is 14.4 Å². The number of piperidine rings is 1. The zero-order valence-electron chi connectivity index (χ0n) is 16.2. The average Bonchev–Trinajstić information content (AvgIpc) is 3.43. The Morgan fingerprint density at radius 3 is 2.86 bits per heavy atom. The molecule has 2 aromatic heterocycles. The van der Waals surface area contributed by atoms with Crippen molar-refractivity contribution < 1.29 is 9.21 Å². The van der Waals surface area contributed by atoms with E-state index in [0.29, 0.717) is 19.1 Å². The van der Waals surface area contributed by atoms with Crippen molar-refractivity contribution >= 4 is 5.91 Å². The van der Waals surface area contributed by atoms with Crippen molar-refractivity contribution in [2.45, 2.75) is 51.2 Å². The van der Waals surface area contributed by atoms with Gasteiger partial charge in [0.25, 0.3) is 5.56 Å². The number of hydrogen-bond acceptors (Lipinski definition) is 4. The Labute approximate surface area is 164 Å². The highest BCUT2D eigenvalue weighted by Gasteiger charge is 2.32. The van der Waals surface area contributed by atoms with Crippen LogP contribution >= 0.6 is 0 Å². The molecular weight excluding hydrogens is 354 g/mol. The lowest BCUT2D eigenvalue weighted by Gasteiger charge is -2.36. The van der Waals surface area contributed by atoms with Gasteiger partial charge in [0.15, 0.2) is 0 Å². The van der Waals surface area contributed by atoms with E-state index in [-0.39, 0.29) is 17.4 Å². The fourth-order valence-corrected chi connectivity index (χ4v) is 4.65. The largest absolute Gasteiger partial charge is 0.468 e. The molecule has 0 spiro atoms. The van der Waals surface area contributed by atoms with Gasteiger partial charge in [-0.05, 0) is 61.9 Å². The highest BCUT2D eigenvalue weighted by molar-refractivity contribution is 5.79. The highest BCUT2D eigenvalue weighted by atomic mass is 16.3. The van der Waals surface area contributed by atoms with Crippen LogP contribution in [-0.4, -0.2) is 39.9 Å². The molecule has 2 aromatic rings. The maximum absolute atomic E-state index is 13.2. The Hall–Kier alpha value is -2.34. The van der Waals surface area contributed by atoms with E-state index >= 15 is 0 Å². The van der Waals surface area contributed by atoms with Crippen molar-refractivity contribution in [2.75, 3.05) is 19.6 Å². The smallest absolute Gasteiger partial charge is 0.251 e. The third kappa shape index (κ3) is 3.53. The molecule has 1 atom stereocenters. The number of carbonyl (C=O) groups excluding carboxylic acids is 1. The minimum Gasteiger partial charge on any atom is -0.468 e. The van der Waals surface area contributed by atoms with Gasteiger partial charge in [0, 0.05) is 37.9 Å². The zero-order valence-corrected chi connectivity index (χ0v) is 16.2.